The summed E-state index contributed by atoms with van der Waals surface area (Å²) >= 11 is 0. The Morgan fingerprint density at radius 3 is 2.43 bits per heavy atom. The molecular formula is C17H20N2O2. The molecule has 2 aromatic rings. The summed E-state index contributed by atoms with van der Waals surface area (Å²) in [6.07, 6.45) is 0. The smallest absolute Gasteiger partial charge is 0.340 e. The molecule has 0 saturated heterocycles. The summed E-state index contributed by atoms with van der Waals surface area (Å²) in [6, 6.07) is 13.1. The van der Waals surface area contributed by atoms with Gasteiger partial charge in [-0.3, -0.25) is 0 Å². The van der Waals surface area contributed by atoms with E-state index in [0.29, 0.717) is 11.3 Å². The number of anilines is 2. The fraction of sp³-hybridized carbons (Fsp3) is 0.235. The lowest BCUT2D eigenvalue weighted by atomic mass is 10.1. The highest BCUT2D eigenvalue weighted by Crippen LogP contribution is 2.22. The number of benzene rings is 2. The van der Waals surface area contributed by atoms with E-state index in [1.807, 2.05) is 56.3 Å². The van der Waals surface area contributed by atoms with E-state index >= 15 is 0 Å². The number of ether oxygens (including phenoxy) is 1. The van der Waals surface area contributed by atoms with Gasteiger partial charge in [-0.2, -0.15) is 0 Å². The fourth-order valence-electron chi connectivity index (χ4n) is 2.02. The lowest BCUT2D eigenvalue weighted by Crippen LogP contribution is -2.15. The van der Waals surface area contributed by atoms with Crippen molar-refractivity contribution in [2.24, 2.45) is 0 Å². The molecule has 110 valence electrons. The molecule has 0 heterocycles. The van der Waals surface area contributed by atoms with E-state index in [9.17, 15) is 4.79 Å². The van der Waals surface area contributed by atoms with Gasteiger partial charge in [0.2, 0.25) is 0 Å². The zero-order chi connectivity index (χ0) is 15.4. The van der Waals surface area contributed by atoms with Crippen LogP contribution in [0.15, 0.2) is 42.5 Å². The predicted octanol–water partition coefficient (Wildman–Crippen LogP) is 3.00. The van der Waals surface area contributed by atoms with Gasteiger partial charge in [0, 0.05) is 19.8 Å². The highest BCUT2D eigenvalue weighted by atomic mass is 16.5. The lowest BCUT2D eigenvalue weighted by Gasteiger charge is -2.17. The molecular weight excluding hydrogens is 264 g/mol. The Kier molecular flexibility index (Phi) is 4.48. The van der Waals surface area contributed by atoms with Crippen molar-refractivity contribution in [3.8, 4) is 0 Å². The summed E-state index contributed by atoms with van der Waals surface area (Å²) in [7, 11) is 3.75. The quantitative estimate of drug-likeness (QED) is 0.692. The number of nitrogens with two attached hydrogens (primary N) is 1. The third kappa shape index (κ3) is 3.75. The first-order chi connectivity index (χ1) is 9.97. The van der Waals surface area contributed by atoms with Gasteiger partial charge < -0.3 is 15.4 Å². The molecule has 4 nitrogen and oxygen atoms in total. The van der Waals surface area contributed by atoms with Crippen LogP contribution >= 0.6 is 0 Å². The van der Waals surface area contributed by atoms with Crippen molar-refractivity contribution in [1.82, 2.24) is 0 Å². The van der Waals surface area contributed by atoms with Crippen LogP contribution in [0.5, 0.6) is 0 Å². The summed E-state index contributed by atoms with van der Waals surface area (Å²) in [5, 5.41) is 0. The summed E-state index contributed by atoms with van der Waals surface area (Å²) in [5.41, 5.74) is 9.72. The van der Waals surface area contributed by atoms with Gasteiger partial charge in [0.1, 0.15) is 6.61 Å². The van der Waals surface area contributed by atoms with Crippen molar-refractivity contribution in [2.75, 3.05) is 24.7 Å². The molecule has 2 N–H and O–H groups in total. The van der Waals surface area contributed by atoms with Crippen molar-refractivity contribution in [1.29, 1.82) is 0 Å². The molecule has 0 unspecified atom stereocenters. The van der Waals surface area contributed by atoms with Crippen LogP contribution in [-0.4, -0.2) is 20.1 Å². The minimum atomic E-state index is -0.369. The van der Waals surface area contributed by atoms with E-state index in [4.69, 9.17) is 10.5 Å². The van der Waals surface area contributed by atoms with E-state index in [0.717, 1.165) is 11.3 Å². The Labute approximate surface area is 125 Å². The summed E-state index contributed by atoms with van der Waals surface area (Å²) in [5.74, 6) is -0.369. The second kappa shape index (κ2) is 6.31. The first-order valence-electron chi connectivity index (χ1n) is 6.77. The zero-order valence-electron chi connectivity index (χ0n) is 12.6. The van der Waals surface area contributed by atoms with Crippen LogP contribution in [0.3, 0.4) is 0 Å². The topological polar surface area (TPSA) is 55.6 Å². The number of hydrogen-bond donors (Lipinski definition) is 1. The molecule has 0 aromatic heterocycles. The van der Waals surface area contributed by atoms with Crippen LogP contribution in [-0.2, 0) is 11.3 Å². The van der Waals surface area contributed by atoms with E-state index in [-0.39, 0.29) is 12.6 Å². The molecule has 4 heteroatoms. The van der Waals surface area contributed by atoms with Gasteiger partial charge in [-0.05, 0) is 30.7 Å². The molecule has 21 heavy (non-hydrogen) atoms. The number of carbonyl (C=O) groups is 1. The van der Waals surface area contributed by atoms with Gasteiger partial charge >= 0.3 is 5.97 Å². The molecule has 0 atom stereocenters. The minimum absolute atomic E-state index is 0.251. The van der Waals surface area contributed by atoms with Gasteiger partial charge in [0.25, 0.3) is 0 Å². The van der Waals surface area contributed by atoms with E-state index < -0.39 is 0 Å². The second-order valence-corrected chi connectivity index (χ2v) is 5.23. The van der Waals surface area contributed by atoms with Crippen LogP contribution in [0.25, 0.3) is 0 Å². The second-order valence-electron chi connectivity index (χ2n) is 5.23. The molecule has 2 rings (SSSR count). The molecule has 2 aromatic carbocycles. The number of aryl methyl sites for hydroxylation is 1. The predicted molar refractivity (Wildman–Crippen MR) is 85.5 cm³/mol. The number of nitrogen functional groups attached to an aromatic ring is 1. The standard InChI is InChI=1S/C17H20N2O2/c1-12-4-6-13(7-5-12)11-21-17(20)15-10-14(18)8-9-16(15)19(2)3/h4-10H,11,18H2,1-3H3. The van der Waals surface area contributed by atoms with Crippen molar-refractivity contribution < 1.29 is 9.53 Å². The van der Waals surface area contributed by atoms with Crippen molar-refractivity contribution >= 4 is 17.3 Å². The van der Waals surface area contributed by atoms with E-state index in [1.165, 1.54) is 5.56 Å². The molecule has 0 radical (unpaired) electrons. The molecule has 0 spiro atoms. The minimum Gasteiger partial charge on any atom is -0.457 e. The molecule has 0 aliphatic rings. The maximum absolute atomic E-state index is 12.3. The fourth-order valence-corrected chi connectivity index (χ4v) is 2.02. The van der Waals surface area contributed by atoms with Crippen molar-refractivity contribution in [3.05, 3.63) is 59.2 Å². The molecule has 0 bridgehead atoms. The average Bonchev–Trinajstić information content (AvgIpc) is 2.46. The summed E-state index contributed by atoms with van der Waals surface area (Å²) < 4.78 is 5.38. The maximum atomic E-state index is 12.3. The van der Waals surface area contributed by atoms with Crippen LogP contribution in [0.2, 0.25) is 0 Å². The van der Waals surface area contributed by atoms with Crippen LogP contribution in [0.1, 0.15) is 21.5 Å². The van der Waals surface area contributed by atoms with Gasteiger partial charge in [0.05, 0.1) is 11.3 Å². The number of rotatable bonds is 4. The first kappa shape index (κ1) is 14.9. The van der Waals surface area contributed by atoms with Gasteiger partial charge in [0.15, 0.2) is 0 Å². The third-order valence-electron chi connectivity index (χ3n) is 3.21. The lowest BCUT2D eigenvalue weighted by molar-refractivity contribution is 0.0473. The van der Waals surface area contributed by atoms with Gasteiger partial charge in [-0.25, -0.2) is 4.79 Å². The normalized spacial score (nSPS) is 10.2. The van der Waals surface area contributed by atoms with Gasteiger partial charge in [-0.15, -0.1) is 0 Å². The Morgan fingerprint density at radius 2 is 1.81 bits per heavy atom. The maximum Gasteiger partial charge on any atom is 0.340 e. The summed E-state index contributed by atoms with van der Waals surface area (Å²) in [4.78, 5) is 14.1. The van der Waals surface area contributed by atoms with Gasteiger partial charge in [-0.1, -0.05) is 29.8 Å². The monoisotopic (exact) mass is 284 g/mol. The van der Waals surface area contributed by atoms with Crippen LogP contribution in [0.4, 0.5) is 11.4 Å². The number of carbonyl (C=O) groups excluding carboxylic acids is 1. The van der Waals surface area contributed by atoms with Crippen molar-refractivity contribution in [2.45, 2.75) is 13.5 Å². The molecule has 0 amide bonds. The average molecular weight is 284 g/mol. The molecule has 0 saturated carbocycles. The first-order valence-corrected chi connectivity index (χ1v) is 6.77. The van der Waals surface area contributed by atoms with E-state index in [1.54, 1.807) is 12.1 Å². The third-order valence-corrected chi connectivity index (χ3v) is 3.21. The Morgan fingerprint density at radius 1 is 1.14 bits per heavy atom. The van der Waals surface area contributed by atoms with Crippen LogP contribution < -0.4 is 10.6 Å². The zero-order valence-corrected chi connectivity index (χ0v) is 12.6. The SMILES string of the molecule is Cc1ccc(COC(=O)c2cc(N)ccc2N(C)C)cc1. The summed E-state index contributed by atoms with van der Waals surface area (Å²) in [6.45, 7) is 2.27. The molecule has 0 fully saturated rings. The van der Waals surface area contributed by atoms with Crippen molar-refractivity contribution in [3.63, 3.8) is 0 Å². The van der Waals surface area contributed by atoms with Crippen LogP contribution in [0, 0.1) is 6.92 Å². The largest absolute Gasteiger partial charge is 0.457 e. The number of esters is 1. The number of nitrogens with zero attached hydrogens (tertiary/aromatic N) is 1. The highest BCUT2D eigenvalue weighted by molar-refractivity contribution is 5.96. The van der Waals surface area contributed by atoms with E-state index in [2.05, 4.69) is 0 Å². The highest BCUT2D eigenvalue weighted by Gasteiger charge is 2.15. The Balaban J connectivity index is 2.13. The molecule has 0 aliphatic heterocycles. The Bertz CT molecular complexity index is 634. The molecule has 0 aliphatic carbocycles. The number of hydrogen-bond acceptors (Lipinski definition) is 4. The Hall–Kier alpha value is -2.49.